The van der Waals surface area contributed by atoms with Gasteiger partial charge in [0.25, 0.3) is 0 Å². The Morgan fingerprint density at radius 1 is 1.35 bits per heavy atom. The van der Waals surface area contributed by atoms with E-state index in [1.54, 1.807) is 7.11 Å². The van der Waals surface area contributed by atoms with Crippen LogP contribution in [0.4, 0.5) is 0 Å². The molecule has 0 spiro atoms. The Balaban J connectivity index is 1.83. The molecule has 0 radical (unpaired) electrons. The highest BCUT2D eigenvalue weighted by Crippen LogP contribution is 2.47. The first-order chi connectivity index (χ1) is 11.1. The van der Waals surface area contributed by atoms with Crippen LogP contribution in [0.25, 0.3) is 10.8 Å². The quantitative estimate of drug-likeness (QED) is 0.735. The molecule has 23 heavy (non-hydrogen) atoms. The number of benzene rings is 1. The molecule has 0 bridgehead atoms. The highest BCUT2D eigenvalue weighted by atomic mass is 16.5. The molecule has 2 aliphatic carbocycles. The Hall–Kier alpha value is -1.83. The summed E-state index contributed by atoms with van der Waals surface area (Å²) in [6.07, 6.45) is 7.83. The standard InChI is InChI=1S/C21H25NO/c1-5-21(14(3)23-4)10-16-8-17-12-22-20(15-6-7-15)9-18(17)13(2)19(16)11-21/h8-9,12,15H,3,5-7,10-11H2,1-2,4H3. The molecule has 4 rings (SSSR count). The number of ether oxygens (including phenoxy) is 1. The molecule has 1 heterocycles. The number of nitrogens with zero attached hydrogens (tertiary/aromatic N) is 1. The van der Waals surface area contributed by atoms with Crippen LogP contribution in [-0.2, 0) is 17.6 Å². The summed E-state index contributed by atoms with van der Waals surface area (Å²) in [6.45, 7) is 8.72. The molecule has 0 amide bonds. The zero-order valence-corrected chi connectivity index (χ0v) is 14.4. The van der Waals surface area contributed by atoms with Crippen LogP contribution in [0.1, 0.15) is 54.5 Å². The van der Waals surface area contributed by atoms with Crippen LogP contribution >= 0.6 is 0 Å². The highest BCUT2D eigenvalue weighted by molar-refractivity contribution is 5.88. The molecule has 2 heteroatoms. The fourth-order valence-electron chi connectivity index (χ4n) is 4.23. The number of rotatable bonds is 4. The average Bonchev–Trinajstić information content (AvgIpc) is 3.35. The summed E-state index contributed by atoms with van der Waals surface area (Å²) in [6, 6.07) is 4.68. The van der Waals surface area contributed by atoms with E-state index < -0.39 is 0 Å². The van der Waals surface area contributed by atoms with Crippen molar-refractivity contribution in [3.63, 3.8) is 0 Å². The van der Waals surface area contributed by atoms with Gasteiger partial charge in [0, 0.05) is 28.6 Å². The van der Waals surface area contributed by atoms with Gasteiger partial charge in [-0.05, 0) is 73.2 Å². The third kappa shape index (κ3) is 2.19. The van der Waals surface area contributed by atoms with E-state index in [1.165, 1.54) is 46.0 Å². The summed E-state index contributed by atoms with van der Waals surface area (Å²) in [5.74, 6) is 1.63. The van der Waals surface area contributed by atoms with Crippen molar-refractivity contribution in [3.05, 3.63) is 53.1 Å². The molecule has 0 aliphatic heterocycles. The van der Waals surface area contributed by atoms with Crippen LogP contribution in [-0.4, -0.2) is 12.1 Å². The second-order valence-corrected chi connectivity index (χ2v) is 7.36. The lowest BCUT2D eigenvalue weighted by Gasteiger charge is -2.28. The topological polar surface area (TPSA) is 22.1 Å². The van der Waals surface area contributed by atoms with E-state index in [1.807, 2.05) is 0 Å². The Morgan fingerprint density at radius 3 is 2.78 bits per heavy atom. The first kappa shape index (κ1) is 14.7. The zero-order chi connectivity index (χ0) is 16.2. The molecule has 120 valence electrons. The molecule has 1 aromatic heterocycles. The van der Waals surface area contributed by atoms with Crippen molar-refractivity contribution in [3.8, 4) is 0 Å². The molecule has 2 aliphatic rings. The van der Waals surface area contributed by atoms with Crippen molar-refractivity contribution in [1.29, 1.82) is 0 Å². The first-order valence-corrected chi connectivity index (χ1v) is 8.72. The van der Waals surface area contributed by atoms with Gasteiger partial charge in [-0.3, -0.25) is 4.98 Å². The Bertz CT molecular complexity index is 803. The van der Waals surface area contributed by atoms with Crippen molar-refractivity contribution in [2.45, 2.75) is 51.9 Å². The lowest BCUT2D eigenvalue weighted by atomic mass is 9.80. The largest absolute Gasteiger partial charge is 0.501 e. The average molecular weight is 307 g/mol. The van der Waals surface area contributed by atoms with Crippen molar-refractivity contribution >= 4 is 10.8 Å². The van der Waals surface area contributed by atoms with Crippen LogP contribution in [0, 0.1) is 12.3 Å². The van der Waals surface area contributed by atoms with Crippen molar-refractivity contribution in [1.82, 2.24) is 4.98 Å². The second-order valence-electron chi connectivity index (χ2n) is 7.36. The monoisotopic (exact) mass is 307 g/mol. The molecule has 0 saturated heterocycles. The van der Waals surface area contributed by atoms with E-state index in [0.29, 0.717) is 5.92 Å². The summed E-state index contributed by atoms with van der Waals surface area (Å²) in [5, 5.41) is 2.66. The van der Waals surface area contributed by atoms with Gasteiger partial charge in [0.1, 0.15) is 0 Å². The number of fused-ring (bicyclic) bond motifs is 2. The molecular weight excluding hydrogens is 282 g/mol. The van der Waals surface area contributed by atoms with Gasteiger partial charge in [0.2, 0.25) is 0 Å². The number of allylic oxidation sites excluding steroid dienone is 1. The van der Waals surface area contributed by atoms with Crippen molar-refractivity contribution in [2.24, 2.45) is 5.41 Å². The summed E-state index contributed by atoms with van der Waals surface area (Å²) in [5.41, 5.74) is 5.73. The van der Waals surface area contributed by atoms with Gasteiger partial charge in [-0.1, -0.05) is 13.5 Å². The van der Waals surface area contributed by atoms with Crippen LogP contribution < -0.4 is 0 Å². The normalized spacial score (nSPS) is 23.1. The van der Waals surface area contributed by atoms with Crippen LogP contribution in [0.15, 0.2) is 30.7 Å². The fourth-order valence-corrected chi connectivity index (χ4v) is 4.23. The van der Waals surface area contributed by atoms with Gasteiger partial charge in [-0.2, -0.15) is 0 Å². The maximum absolute atomic E-state index is 5.55. The van der Waals surface area contributed by atoms with Gasteiger partial charge in [0.05, 0.1) is 12.9 Å². The number of aryl methyl sites for hydroxylation is 1. The Labute approximate surface area is 138 Å². The van der Waals surface area contributed by atoms with Crippen LogP contribution in [0.2, 0.25) is 0 Å². The van der Waals surface area contributed by atoms with Crippen LogP contribution in [0.3, 0.4) is 0 Å². The molecule has 1 unspecified atom stereocenters. The van der Waals surface area contributed by atoms with E-state index in [9.17, 15) is 0 Å². The van der Waals surface area contributed by atoms with E-state index >= 15 is 0 Å². The third-order valence-corrected chi connectivity index (χ3v) is 6.08. The second kappa shape index (κ2) is 5.09. The maximum atomic E-state index is 5.55. The number of pyridine rings is 1. The van der Waals surface area contributed by atoms with Crippen molar-refractivity contribution < 1.29 is 4.74 Å². The Kier molecular flexibility index (Phi) is 3.26. The summed E-state index contributed by atoms with van der Waals surface area (Å²) in [4.78, 5) is 4.70. The lowest BCUT2D eigenvalue weighted by Crippen LogP contribution is -2.23. The molecule has 2 nitrogen and oxygen atoms in total. The number of aromatic nitrogens is 1. The van der Waals surface area contributed by atoms with Gasteiger partial charge in [0.15, 0.2) is 0 Å². The number of hydrogen-bond donors (Lipinski definition) is 0. The van der Waals surface area contributed by atoms with E-state index in [4.69, 9.17) is 9.72 Å². The number of hydrogen-bond acceptors (Lipinski definition) is 2. The zero-order valence-electron chi connectivity index (χ0n) is 14.4. The minimum atomic E-state index is 0.0615. The molecule has 1 aromatic carbocycles. The molecule has 1 fully saturated rings. The fraction of sp³-hybridized carbons (Fsp3) is 0.476. The van der Waals surface area contributed by atoms with E-state index in [0.717, 1.165) is 25.0 Å². The van der Waals surface area contributed by atoms with E-state index in [2.05, 4.69) is 38.8 Å². The van der Waals surface area contributed by atoms with Crippen molar-refractivity contribution in [2.75, 3.05) is 7.11 Å². The summed E-state index contributed by atoms with van der Waals surface area (Å²) >= 11 is 0. The molecule has 2 aromatic rings. The van der Waals surface area contributed by atoms with Crippen LogP contribution in [0.5, 0.6) is 0 Å². The molecular formula is C21H25NO. The molecule has 1 atom stereocenters. The highest BCUT2D eigenvalue weighted by Gasteiger charge is 2.40. The van der Waals surface area contributed by atoms with Gasteiger partial charge in [-0.15, -0.1) is 0 Å². The van der Waals surface area contributed by atoms with Gasteiger partial charge < -0.3 is 4.74 Å². The maximum Gasteiger partial charge on any atom is 0.0952 e. The summed E-state index contributed by atoms with van der Waals surface area (Å²) < 4.78 is 5.55. The molecule has 1 saturated carbocycles. The smallest absolute Gasteiger partial charge is 0.0952 e. The predicted octanol–water partition coefficient (Wildman–Crippen LogP) is 5.08. The number of methoxy groups -OCH3 is 1. The summed E-state index contributed by atoms with van der Waals surface area (Å²) in [7, 11) is 1.75. The lowest BCUT2D eigenvalue weighted by molar-refractivity contribution is 0.171. The predicted molar refractivity (Wildman–Crippen MR) is 94.7 cm³/mol. The third-order valence-electron chi connectivity index (χ3n) is 6.08. The SMILES string of the molecule is C=C(OC)C1(CC)Cc2cc3cnc(C4CC4)cc3c(C)c2C1. The minimum absolute atomic E-state index is 0.0615. The minimum Gasteiger partial charge on any atom is -0.501 e. The van der Waals surface area contributed by atoms with E-state index in [-0.39, 0.29) is 5.41 Å². The molecule has 0 N–H and O–H groups in total. The Morgan fingerprint density at radius 2 is 2.13 bits per heavy atom. The van der Waals surface area contributed by atoms with Gasteiger partial charge in [-0.25, -0.2) is 0 Å². The first-order valence-electron chi connectivity index (χ1n) is 8.72. The van der Waals surface area contributed by atoms with Gasteiger partial charge >= 0.3 is 0 Å².